The van der Waals surface area contributed by atoms with E-state index in [0.717, 1.165) is 11.9 Å². The Hall–Kier alpha value is -1.78. The summed E-state index contributed by atoms with van der Waals surface area (Å²) in [6.07, 6.45) is 7.81. The molecule has 1 unspecified atom stereocenters. The van der Waals surface area contributed by atoms with Crippen molar-refractivity contribution in [1.82, 2.24) is 10.6 Å². The van der Waals surface area contributed by atoms with Crippen molar-refractivity contribution in [2.45, 2.75) is 19.9 Å². The van der Waals surface area contributed by atoms with Crippen LogP contribution in [0.3, 0.4) is 0 Å². The average Bonchev–Trinajstić information content (AvgIpc) is 2.23. The van der Waals surface area contributed by atoms with Crippen LogP contribution >= 0.6 is 0 Å². The average molecular weight is 210 g/mol. The smallest absolute Gasteiger partial charge is 0.120 e. The summed E-state index contributed by atoms with van der Waals surface area (Å²) in [6, 6.07) is -0.0676. The highest BCUT2D eigenvalue weighted by molar-refractivity contribution is 5.52. The third kappa shape index (κ3) is 6.31. The van der Waals surface area contributed by atoms with Crippen LogP contribution in [0.4, 0.5) is 0 Å². The lowest BCUT2D eigenvalue weighted by molar-refractivity contribution is 0.268. The summed E-state index contributed by atoms with van der Waals surface area (Å²) in [5.41, 5.74) is 1.04. The second-order valence-corrected chi connectivity index (χ2v) is 2.76. The predicted octanol–water partition coefficient (Wildman–Crippen LogP) is 1.21. The minimum Gasteiger partial charge on any atom is -0.394 e. The summed E-state index contributed by atoms with van der Waals surface area (Å²) in [5, 5.41) is 16.3. The van der Waals surface area contributed by atoms with E-state index in [2.05, 4.69) is 15.8 Å². The van der Waals surface area contributed by atoms with E-state index >= 15 is 0 Å². The molecule has 0 bridgehead atoms. The summed E-state index contributed by atoms with van der Waals surface area (Å²) in [5.74, 6) is 0. The lowest BCUT2D eigenvalue weighted by Crippen LogP contribution is -2.27. The third-order valence-corrected chi connectivity index (χ3v) is 1.62. The molecule has 0 heterocycles. The normalized spacial score (nSPS) is 14.2. The number of hydrogen-bond acceptors (Lipinski definition) is 4. The topological polar surface area (TPSA) is 69.5 Å². The van der Waals surface area contributed by atoms with Gasteiger partial charge in [0.1, 0.15) is 6.26 Å². The SMILES string of the molecule is C/C=N/O/C=C/C(NC=N)/C(C)=C/NC. The minimum absolute atomic E-state index is 0.0676. The quantitative estimate of drug-likeness (QED) is 0.256. The molecule has 0 aliphatic carbocycles. The fourth-order valence-electron chi connectivity index (χ4n) is 0.956. The van der Waals surface area contributed by atoms with Crippen molar-refractivity contribution in [3.05, 3.63) is 24.1 Å². The first-order chi connectivity index (χ1) is 7.26. The van der Waals surface area contributed by atoms with E-state index in [4.69, 9.17) is 10.2 Å². The zero-order valence-electron chi connectivity index (χ0n) is 9.32. The molecule has 0 fully saturated rings. The van der Waals surface area contributed by atoms with Gasteiger partial charge >= 0.3 is 0 Å². The van der Waals surface area contributed by atoms with Gasteiger partial charge in [-0.1, -0.05) is 5.16 Å². The molecule has 5 heteroatoms. The summed E-state index contributed by atoms with van der Waals surface area (Å²) >= 11 is 0. The highest BCUT2D eigenvalue weighted by Crippen LogP contribution is 2.01. The molecular formula is C10H18N4O. The van der Waals surface area contributed by atoms with Crippen LogP contribution in [0.25, 0.3) is 0 Å². The van der Waals surface area contributed by atoms with Gasteiger partial charge in [-0.2, -0.15) is 0 Å². The van der Waals surface area contributed by atoms with Crippen LogP contribution < -0.4 is 10.6 Å². The van der Waals surface area contributed by atoms with Gasteiger partial charge in [0, 0.05) is 13.3 Å². The Morgan fingerprint density at radius 1 is 1.53 bits per heavy atom. The van der Waals surface area contributed by atoms with E-state index in [1.807, 2.05) is 20.2 Å². The van der Waals surface area contributed by atoms with Gasteiger partial charge < -0.3 is 15.5 Å². The molecular weight excluding hydrogens is 192 g/mol. The van der Waals surface area contributed by atoms with E-state index < -0.39 is 0 Å². The Morgan fingerprint density at radius 2 is 2.27 bits per heavy atom. The van der Waals surface area contributed by atoms with Crippen molar-refractivity contribution in [3.8, 4) is 0 Å². The van der Waals surface area contributed by atoms with Crippen molar-refractivity contribution >= 4 is 12.6 Å². The second-order valence-electron chi connectivity index (χ2n) is 2.76. The van der Waals surface area contributed by atoms with E-state index in [1.165, 1.54) is 6.26 Å². The van der Waals surface area contributed by atoms with E-state index in [9.17, 15) is 0 Å². The van der Waals surface area contributed by atoms with E-state index in [-0.39, 0.29) is 6.04 Å². The maximum absolute atomic E-state index is 6.99. The Morgan fingerprint density at radius 3 is 2.80 bits per heavy atom. The van der Waals surface area contributed by atoms with Gasteiger partial charge in [-0.15, -0.1) is 0 Å². The first-order valence-electron chi connectivity index (χ1n) is 4.65. The maximum Gasteiger partial charge on any atom is 0.120 e. The fourth-order valence-corrected chi connectivity index (χ4v) is 0.956. The highest BCUT2D eigenvalue weighted by atomic mass is 16.6. The highest BCUT2D eigenvalue weighted by Gasteiger charge is 2.03. The molecule has 0 amide bonds. The van der Waals surface area contributed by atoms with Gasteiger partial charge in [-0.3, -0.25) is 5.41 Å². The van der Waals surface area contributed by atoms with Crippen molar-refractivity contribution in [1.29, 1.82) is 5.41 Å². The van der Waals surface area contributed by atoms with Gasteiger partial charge in [-0.05, 0) is 31.7 Å². The van der Waals surface area contributed by atoms with Gasteiger partial charge in [0.15, 0.2) is 0 Å². The number of rotatable bonds is 7. The van der Waals surface area contributed by atoms with E-state index in [0.29, 0.717) is 0 Å². The summed E-state index contributed by atoms with van der Waals surface area (Å²) in [6.45, 7) is 3.72. The maximum atomic E-state index is 6.99. The first kappa shape index (κ1) is 13.2. The number of nitrogens with one attached hydrogen (secondary N) is 3. The van der Waals surface area contributed by atoms with Crippen LogP contribution in [-0.2, 0) is 4.84 Å². The van der Waals surface area contributed by atoms with Crippen molar-refractivity contribution < 1.29 is 4.84 Å². The molecule has 0 rings (SSSR count). The van der Waals surface area contributed by atoms with Gasteiger partial charge in [-0.25, -0.2) is 0 Å². The van der Waals surface area contributed by atoms with Crippen molar-refractivity contribution in [2.75, 3.05) is 7.05 Å². The Bertz CT molecular complexity index is 258. The molecule has 0 radical (unpaired) electrons. The Kier molecular flexibility index (Phi) is 7.76. The van der Waals surface area contributed by atoms with Crippen molar-refractivity contribution in [2.24, 2.45) is 5.16 Å². The monoisotopic (exact) mass is 210 g/mol. The zero-order valence-corrected chi connectivity index (χ0v) is 9.32. The number of hydrogen-bond donors (Lipinski definition) is 3. The molecule has 0 aromatic carbocycles. The van der Waals surface area contributed by atoms with E-state index in [1.54, 1.807) is 19.2 Å². The fraction of sp³-hybridized carbons (Fsp3) is 0.400. The molecule has 0 spiro atoms. The number of nitrogens with zero attached hydrogens (tertiary/aromatic N) is 1. The molecule has 1 atom stereocenters. The predicted molar refractivity (Wildman–Crippen MR) is 62.9 cm³/mol. The first-order valence-corrected chi connectivity index (χ1v) is 4.65. The molecule has 0 aromatic heterocycles. The standard InChI is InChI=1S/C10H18N4O/c1-4-14-15-6-5-10(13-8-11)9(2)7-12-3/h4-8,10,12H,1-3H3,(H2,11,13)/b6-5+,9-7+,14-4+. The lowest BCUT2D eigenvalue weighted by Gasteiger charge is -2.12. The van der Waals surface area contributed by atoms with Crippen LogP contribution in [-0.4, -0.2) is 25.6 Å². The third-order valence-electron chi connectivity index (χ3n) is 1.62. The summed E-state index contributed by atoms with van der Waals surface area (Å²) in [7, 11) is 1.83. The molecule has 0 saturated carbocycles. The minimum atomic E-state index is -0.0676. The molecule has 84 valence electrons. The van der Waals surface area contributed by atoms with Crippen LogP contribution in [0.2, 0.25) is 0 Å². The Labute approximate surface area is 90.4 Å². The molecule has 0 aliphatic heterocycles. The molecule has 0 aliphatic rings. The molecule has 5 nitrogen and oxygen atoms in total. The van der Waals surface area contributed by atoms with Crippen LogP contribution in [0, 0.1) is 5.41 Å². The van der Waals surface area contributed by atoms with Crippen molar-refractivity contribution in [3.63, 3.8) is 0 Å². The lowest BCUT2D eigenvalue weighted by atomic mass is 10.1. The number of oxime groups is 1. The largest absolute Gasteiger partial charge is 0.394 e. The van der Waals surface area contributed by atoms with Gasteiger partial charge in [0.2, 0.25) is 0 Å². The molecule has 15 heavy (non-hydrogen) atoms. The van der Waals surface area contributed by atoms with Gasteiger partial charge in [0.05, 0.1) is 12.4 Å². The Balaban J connectivity index is 4.32. The van der Waals surface area contributed by atoms with Gasteiger partial charge in [0.25, 0.3) is 0 Å². The zero-order chi connectivity index (χ0) is 11.5. The van der Waals surface area contributed by atoms with Crippen LogP contribution in [0.5, 0.6) is 0 Å². The summed E-state index contributed by atoms with van der Waals surface area (Å²) < 4.78 is 0. The molecule has 0 aromatic rings. The molecule has 0 saturated heterocycles. The molecule has 3 N–H and O–H groups in total. The second kappa shape index (κ2) is 8.80. The van der Waals surface area contributed by atoms with Crippen LogP contribution in [0.1, 0.15) is 13.8 Å². The van der Waals surface area contributed by atoms with Crippen LogP contribution in [0.15, 0.2) is 29.3 Å². The summed E-state index contributed by atoms with van der Waals surface area (Å²) in [4.78, 5) is 4.81.